The fraction of sp³-hybridized carbons (Fsp3) is 0.0526. The van der Waals surface area contributed by atoms with Gasteiger partial charge < -0.3 is 0 Å². The number of rotatable bonds is 8. The van der Waals surface area contributed by atoms with E-state index < -0.39 is 22.4 Å². The van der Waals surface area contributed by atoms with Gasteiger partial charge in [0, 0.05) is 10.0 Å². The number of hydrogen-bond acceptors (Lipinski definition) is 8. The van der Waals surface area contributed by atoms with Crippen LogP contribution >= 0.6 is 15.9 Å². The van der Waals surface area contributed by atoms with E-state index >= 15 is 0 Å². The lowest BCUT2D eigenvalue weighted by molar-refractivity contribution is -0.383. The van der Waals surface area contributed by atoms with Crippen molar-refractivity contribution in [2.75, 3.05) is 10.9 Å². The normalized spacial score (nSPS) is 10.1. The van der Waals surface area contributed by atoms with E-state index in [1.54, 1.807) is 48.5 Å². The molecule has 0 aliphatic rings. The van der Waals surface area contributed by atoms with Gasteiger partial charge in [0.05, 0.1) is 11.3 Å². The van der Waals surface area contributed by atoms with E-state index in [1.165, 1.54) is 0 Å². The van der Waals surface area contributed by atoms with Crippen LogP contribution in [-0.4, -0.2) is 26.7 Å². The Hall–Kier alpha value is -4.06. The van der Waals surface area contributed by atoms with Gasteiger partial charge in [-0.1, -0.05) is 46.3 Å². The van der Waals surface area contributed by atoms with E-state index in [0.717, 1.165) is 16.4 Å². The number of hydrazine groups is 2. The molecule has 2 amide bonds. The van der Waals surface area contributed by atoms with Crippen molar-refractivity contribution >= 4 is 45.1 Å². The molecule has 11 nitrogen and oxygen atoms in total. The zero-order valence-electron chi connectivity index (χ0n) is 15.8. The number of aromatic nitrogens is 2. The van der Waals surface area contributed by atoms with E-state index in [9.17, 15) is 19.7 Å². The number of halogens is 1. The molecule has 0 spiro atoms. The summed E-state index contributed by atoms with van der Waals surface area (Å²) in [6.07, 6.45) is 1.12. The highest BCUT2D eigenvalue weighted by Crippen LogP contribution is 2.27. The second kappa shape index (κ2) is 10.1. The number of nitrogens with one attached hydrogen (secondary N) is 4. The van der Waals surface area contributed by atoms with Crippen LogP contribution in [0.3, 0.4) is 0 Å². The Kier molecular flexibility index (Phi) is 7.06. The van der Waals surface area contributed by atoms with Gasteiger partial charge in [-0.15, -0.1) is 0 Å². The van der Waals surface area contributed by atoms with Crippen molar-refractivity contribution < 1.29 is 14.5 Å². The van der Waals surface area contributed by atoms with Crippen LogP contribution in [0, 0.1) is 10.1 Å². The smallest absolute Gasteiger partial charge is 0.276 e. The van der Waals surface area contributed by atoms with Gasteiger partial charge in [-0.2, -0.15) is 0 Å². The van der Waals surface area contributed by atoms with Gasteiger partial charge in [0.2, 0.25) is 17.5 Å². The summed E-state index contributed by atoms with van der Waals surface area (Å²) in [5.74, 6) is -1.45. The highest BCUT2D eigenvalue weighted by molar-refractivity contribution is 9.10. The van der Waals surface area contributed by atoms with Gasteiger partial charge in [0.1, 0.15) is 6.33 Å². The summed E-state index contributed by atoms with van der Waals surface area (Å²) >= 11 is 3.27. The predicted octanol–water partition coefficient (Wildman–Crippen LogP) is 2.59. The third kappa shape index (κ3) is 5.96. The number of carbonyl (C=O) groups excluding carboxylic acids is 2. The molecular weight excluding hydrogens is 470 g/mol. The molecule has 0 aliphatic carbocycles. The molecule has 0 fully saturated rings. The van der Waals surface area contributed by atoms with Gasteiger partial charge in [-0.05, 0) is 29.8 Å². The summed E-state index contributed by atoms with van der Waals surface area (Å²) in [7, 11) is 0. The molecule has 0 aliphatic heterocycles. The Labute approximate surface area is 184 Å². The molecular formula is C19H16BrN7O4. The standard InChI is InChI=1S/C19H16BrN7O4/c20-14-8-6-13(7-9-14)19(29)26-25-18-16(27(30)31)17(21-11-22-18)24-23-15(28)10-12-4-2-1-3-5-12/h1-9,11H,10H2,(H,23,28)(H,26,29)(H2,21,22,24,25). The summed E-state index contributed by atoms with van der Waals surface area (Å²) in [4.78, 5) is 42.7. The van der Waals surface area contributed by atoms with Crippen LogP contribution in [-0.2, 0) is 11.2 Å². The Morgan fingerprint density at radius 3 is 2.16 bits per heavy atom. The molecule has 12 heteroatoms. The fourth-order valence-corrected chi connectivity index (χ4v) is 2.74. The van der Waals surface area contributed by atoms with Gasteiger partial charge in [0.15, 0.2) is 0 Å². The third-order valence-corrected chi connectivity index (χ3v) is 4.46. The molecule has 4 N–H and O–H groups in total. The maximum Gasteiger partial charge on any atom is 0.356 e. The van der Waals surface area contributed by atoms with Gasteiger partial charge in [0.25, 0.3) is 5.91 Å². The number of amides is 2. The van der Waals surface area contributed by atoms with Crippen LogP contribution < -0.4 is 21.7 Å². The average Bonchev–Trinajstić information content (AvgIpc) is 2.77. The van der Waals surface area contributed by atoms with Crippen molar-refractivity contribution in [3.63, 3.8) is 0 Å². The first-order chi connectivity index (χ1) is 14.9. The largest absolute Gasteiger partial charge is 0.356 e. The summed E-state index contributed by atoms with van der Waals surface area (Å²) in [6, 6.07) is 15.5. The first-order valence-electron chi connectivity index (χ1n) is 8.84. The van der Waals surface area contributed by atoms with E-state index in [1.807, 2.05) is 6.07 Å². The molecule has 0 bridgehead atoms. The van der Waals surface area contributed by atoms with E-state index in [4.69, 9.17) is 0 Å². The van der Waals surface area contributed by atoms with Crippen molar-refractivity contribution in [1.29, 1.82) is 0 Å². The molecule has 0 radical (unpaired) electrons. The molecule has 0 unspecified atom stereocenters. The molecule has 31 heavy (non-hydrogen) atoms. The van der Waals surface area contributed by atoms with Crippen LogP contribution in [0.5, 0.6) is 0 Å². The first kappa shape index (κ1) is 21.6. The second-order valence-electron chi connectivity index (χ2n) is 6.10. The maximum absolute atomic E-state index is 12.2. The van der Waals surface area contributed by atoms with Crippen LogP contribution in [0.4, 0.5) is 17.3 Å². The maximum atomic E-state index is 12.2. The van der Waals surface area contributed by atoms with Crippen molar-refractivity contribution in [3.05, 3.63) is 86.6 Å². The lowest BCUT2D eigenvalue weighted by Crippen LogP contribution is -2.32. The topological polar surface area (TPSA) is 151 Å². The van der Waals surface area contributed by atoms with Gasteiger partial charge in [-0.3, -0.25) is 41.4 Å². The van der Waals surface area contributed by atoms with E-state index in [2.05, 4.69) is 47.6 Å². The zero-order chi connectivity index (χ0) is 22.2. The number of carbonyl (C=O) groups is 2. The van der Waals surface area contributed by atoms with Gasteiger partial charge >= 0.3 is 5.69 Å². The predicted molar refractivity (Wildman–Crippen MR) is 116 cm³/mol. The Morgan fingerprint density at radius 1 is 0.935 bits per heavy atom. The van der Waals surface area contributed by atoms with Crippen molar-refractivity contribution in [2.24, 2.45) is 0 Å². The molecule has 158 valence electrons. The summed E-state index contributed by atoms with van der Waals surface area (Å²) < 4.78 is 0.800. The highest BCUT2D eigenvalue weighted by Gasteiger charge is 2.24. The molecule has 1 heterocycles. The quantitative estimate of drug-likeness (QED) is 0.280. The minimum Gasteiger partial charge on any atom is -0.276 e. The van der Waals surface area contributed by atoms with Crippen LogP contribution in [0.2, 0.25) is 0 Å². The van der Waals surface area contributed by atoms with Crippen LogP contribution in [0.15, 0.2) is 65.4 Å². The van der Waals surface area contributed by atoms with Crippen LogP contribution in [0.25, 0.3) is 0 Å². The summed E-state index contributed by atoms with van der Waals surface area (Å²) in [5.41, 5.74) is 10.1. The minimum absolute atomic E-state index is 0.0705. The highest BCUT2D eigenvalue weighted by atomic mass is 79.9. The molecule has 3 rings (SSSR count). The van der Waals surface area contributed by atoms with E-state index in [0.29, 0.717) is 5.56 Å². The number of hydrogen-bond donors (Lipinski definition) is 4. The zero-order valence-corrected chi connectivity index (χ0v) is 17.4. The molecule has 1 aromatic heterocycles. The van der Waals surface area contributed by atoms with E-state index in [-0.39, 0.29) is 18.1 Å². The van der Waals surface area contributed by atoms with Crippen molar-refractivity contribution in [1.82, 2.24) is 20.8 Å². The third-order valence-electron chi connectivity index (χ3n) is 3.93. The molecule has 0 saturated heterocycles. The molecule has 0 atom stereocenters. The minimum atomic E-state index is -0.736. The molecule has 3 aromatic rings. The summed E-state index contributed by atoms with van der Waals surface area (Å²) in [5, 5.41) is 11.5. The Balaban J connectivity index is 1.67. The monoisotopic (exact) mass is 485 g/mol. The number of nitrogens with zero attached hydrogens (tertiary/aromatic N) is 3. The molecule has 0 saturated carbocycles. The van der Waals surface area contributed by atoms with Gasteiger partial charge in [-0.25, -0.2) is 9.97 Å². The Bertz CT molecular complexity index is 1090. The SMILES string of the molecule is O=C(Cc1ccccc1)NNc1ncnc(NNC(=O)c2ccc(Br)cc2)c1[N+](=O)[O-]. The lowest BCUT2D eigenvalue weighted by Gasteiger charge is -2.11. The number of nitro groups is 1. The van der Waals surface area contributed by atoms with Crippen molar-refractivity contribution in [2.45, 2.75) is 6.42 Å². The lowest BCUT2D eigenvalue weighted by atomic mass is 10.1. The number of anilines is 2. The molecule has 2 aromatic carbocycles. The Morgan fingerprint density at radius 2 is 1.55 bits per heavy atom. The summed E-state index contributed by atoms with van der Waals surface area (Å²) in [6.45, 7) is 0. The van der Waals surface area contributed by atoms with Crippen LogP contribution in [0.1, 0.15) is 15.9 Å². The second-order valence-corrected chi connectivity index (χ2v) is 7.01. The average molecular weight is 486 g/mol. The number of benzene rings is 2. The van der Waals surface area contributed by atoms with Crippen molar-refractivity contribution in [3.8, 4) is 0 Å². The first-order valence-corrected chi connectivity index (χ1v) is 9.63. The fourth-order valence-electron chi connectivity index (χ4n) is 2.48.